The number of aldehydes is 1. The molecular weight excluding hydrogens is 452 g/mol. The zero-order valence-electron chi connectivity index (χ0n) is 24.2. The smallest absolute Gasteiger partial charge is 0.193 e. The van der Waals surface area contributed by atoms with E-state index in [1.54, 1.807) is 0 Å². The molecule has 1 fully saturated rings. The van der Waals surface area contributed by atoms with Crippen LogP contribution in [-0.2, 0) is 13.6 Å². The molecule has 0 spiro atoms. The number of unbranched alkanes of at least 4 members (excludes halogenated alkanes) is 3. The summed E-state index contributed by atoms with van der Waals surface area (Å²) >= 11 is 0. The van der Waals surface area contributed by atoms with Gasteiger partial charge in [-0.25, -0.2) is 0 Å². The first-order valence-corrected chi connectivity index (χ1v) is 19.3. The molecule has 0 aromatic rings. The van der Waals surface area contributed by atoms with Gasteiger partial charge in [0.15, 0.2) is 16.6 Å². The molecule has 0 aromatic carbocycles. The molecule has 3 nitrogen and oxygen atoms in total. The first-order chi connectivity index (χ1) is 15.6. The number of carbonyl (C=O) groups is 1. The summed E-state index contributed by atoms with van der Waals surface area (Å²) in [5.41, 5.74) is 0. The Hall–Kier alpha value is -0.676. The molecule has 1 rings (SSSR count). The Bertz CT molecular complexity index is 716. The average molecular weight is 507 g/mol. The van der Waals surface area contributed by atoms with E-state index in [1.165, 1.54) is 19.3 Å². The summed E-state index contributed by atoms with van der Waals surface area (Å²) < 4.78 is 14.1. The molecule has 1 aliphatic rings. The molecule has 1 aliphatic carbocycles. The zero-order valence-corrected chi connectivity index (χ0v) is 26.2. The number of hydrogen-bond acceptors (Lipinski definition) is 3. The van der Waals surface area contributed by atoms with Gasteiger partial charge in [-0.1, -0.05) is 79.4 Å². The lowest BCUT2D eigenvalue weighted by atomic mass is 10.1. The van der Waals surface area contributed by atoms with Crippen molar-refractivity contribution in [3.8, 4) is 11.8 Å². The van der Waals surface area contributed by atoms with Gasteiger partial charge in [-0.05, 0) is 60.9 Å². The van der Waals surface area contributed by atoms with Crippen LogP contribution in [0.15, 0.2) is 12.2 Å². The van der Waals surface area contributed by atoms with Crippen molar-refractivity contribution in [3.63, 3.8) is 0 Å². The van der Waals surface area contributed by atoms with Crippen LogP contribution in [0.3, 0.4) is 0 Å². The Labute approximate surface area is 214 Å². The van der Waals surface area contributed by atoms with Gasteiger partial charge in [0, 0.05) is 19.3 Å². The van der Waals surface area contributed by atoms with Crippen LogP contribution >= 0.6 is 0 Å². The maximum absolute atomic E-state index is 11.3. The Morgan fingerprint density at radius 1 is 0.941 bits per heavy atom. The van der Waals surface area contributed by atoms with E-state index in [0.29, 0.717) is 18.3 Å². The molecule has 0 aromatic heterocycles. The molecule has 0 heterocycles. The third-order valence-electron chi connectivity index (χ3n) is 8.17. The molecule has 0 N–H and O–H groups in total. The topological polar surface area (TPSA) is 35.5 Å². The fourth-order valence-corrected chi connectivity index (χ4v) is 6.19. The van der Waals surface area contributed by atoms with E-state index < -0.39 is 16.6 Å². The van der Waals surface area contributed by atoms with E-state index in [-0.39, 0.29) is 22.3 Å². The summed E-state index contributed by atoms with van der Waals surface area (Å²) in [5.74, 6) is 7.44. The fourth-order valence-electron chi connectivity index (χ4n) is 3.60. The van der Waals surface area contributed by atoms with E-state index in [1.807, 2.05) is 0 Å². The van der Waals surface area contributed by atoms with Crippen LogP contribution in [0.1, 0.15) is 93.4 Å². The maximum atomic E-state index is 11.3. The van der Waals surface area contributed by atoms with Crippen LogP contribution in [0, 0.1) is 23.7 Å². The van der Waals surface area contributed by atoms with Crippen molar-refractivity contribution in [3.05, 3.63) is 12.2 Å². The number of carbonyl (C=O) groups excluding carboxylic acids is 1. The predicted octanol–water partition coefficient (Wildman–Crippen LogP) is 8.52. The third-order valence-corrected chi connectivity index (χ3v) is 17.1. The second-order valence-electron chi connectivity index (χ2n) is 13.2. The van der Waals surface area contributed by atoms with Crippen LogP contribution in [0.4, 0.5) is 0 Å². The minimum Gasteiger partial charge on any atom is -0.411 e. The van der Waals surface area contributed by atoms with Gasteiger partial charge in [-0.2, -0.15) is 0 Å². The molecule has 0 unspecified atom stereocenters. The molecule has 0 amide bonds. The summed E-state index contributed by atoms with van der Waals surface area (Å²) in [7, 11) is -4.04. The Morgan fingerprint density at radius 3 is 2.06 bits per heavy atom. The first kappa shape index (κ1) is 31.4. The molecule has 34 heavy (non-hydrogen) atoms. The summed E-state index contributed by atoms with van der Waals surface area (Å²) in [4.78, 5) is 11.3. The van der Waals surface area contributed by atoms with Crippen LogP contribution < -0.4 is 0 Å². The summed E-state index contributed by atoms with van der Waals surface area (Å²) in [5, 5.41) is 0.237. The first-order valence-electron chi connectivity index (χ1n) is 13.5. The summed E-state index contributed by atoms with van der Waals surface area (Å²) in [6, 6.07) is 0. The van der Waals surface area contributed by atoms with Crippen molar-refractivity contribution in [2.75, 3.05) is 0 Å². The molecule has 196 valence electrons. The van der Waals surface area contributed by atoms with Gasteiger partial charge in [0.2, 0.25) is 0 Å². The standard InChI is InChI=1S/C29H54O3Si2/c1-12-13-14-15-16-17-18-19-20-26(31-33(8,9)28(2,3)4)27(25-23-24(25)21-22-30)32-34(10,11)29(5,6)7/h19-20,22,24-27H,12-15,18,21,23H2,1-11H3/b20-19+/t24-,25-,26-,27-/m1/s1. The third kappa shape index (κ3) is 9.76. The van der Waals surface area contributed by atoms with Crippen molar-refractivity contribution in [2.45, 2.75) is 142 Å². The largest absolute Gasteiger partial charge is 0.411 e. The van der Waals surface area contributed by atoms with Gasteiger partial charge in [0.05, 0.1) is 12.2 Å². The van der Waals surface area contributed by atoms with Crippen molar-refractivity contribution >= 4 is 22.9 Å². The van der Waals surface area contributed by atoms with E-state index in [2.05, 4.69) is 98.6 Å². The molecule has 5 heteroatoms. The zero-order chi connectivity index (χ0) is 26.2. The molecule has 0 bridgehead atoms. The van der Waals surface area contributed by atoms with Crippen molar-refractivity contribution in [2.24, 2.45) is 11.8 Å². The molecule has 1 saturated carbocycles. The Morgan fingerprint density at radius 2 is 1.53 bits per heavy atom. The van der Waals surface area contributed by atoms with Gasteiger partial charge in [-0.3, -0.25) is 0 Å². The lowest BCUT2D eigenvalue weighted by Gasteiger charge is -2.45. The fraction of sp³-hybridized carbons (Fsp3) is 0.828. The maximum Gasteiger partial charge on any atom is 0.193 e. The van der Waals surface area contributed by atoms with Crippen molar-refractivity contribution < 1.29 is 13.6 Å². The monoisotopic (exact) mass is 506 g/mol. The van der Waals surface area contributed by atoms with Gasteiger partial charge >= 0.3 is 0 Å². The minimum absolute atomic E-state index is 0.00581. The highest BCUT2D eigenvalue weighted by molar-refractivity contribution is 6.74. The molecule has 0 aliphatic heterocycles. The highest BCUT2D eigenvalue weighted by Crippen LogP contribution is 2.50. The highest BCUT2D eigenvalue weighted by Gasteiger charge is 2.51. The van der Waals surface area contributed by atoms with Crippen LogP contribution in [0.5, 0.6) is 0 Å². The highest BCUT2D eigenvalue weighted by atomic mass is 28.4. The summed E-state index contributed by atoms with van der Waals surface area (Å²) in [6.45, 7) is 25.3. The Balaban J connectivity index is 3.19. The molecule has 0 saturated heterocycles. The normalized spacial score (nSPS) is 21.1. The number of allylic oxidation sites excluding steroid dienone is 1. The van der Waals surface area contributed by atoms with Gasteiger partial charge in [0.1, 0.15) is 6.29 Å². The minimum atomic E-state index is -2.02. The second kappa shape index (κ2) is 13.0. The molecule has 0 radical (unpaired) electrons. The van der Waals surface area contributed by atoms with Crippen LogP contribution in [0.25, 0.3) is 0 Å². The number of hydrogen-bond donors (Lipinski definition) is 0. The summed E-state index contributed by atoms with van der Waals surface area (Å²) in [6.07, 6.45) is 12.5. The van der Waals surface area contributed by atoms with Gasteiger partial charge in [-0.15, -0.1) is 5.92 Å². The van der Waals surface area contributed by atoms with Crippen LogP contribution in [0.2, 0.25) is 36.3 Å². The molecule has 4 atom stereocenters. The van der Waals surface area contributed by atoms with E-state index >= 15 is 0 Å². The Kier molecular flexibility index (Phi) is 12.0. The van der Waals surface area contributed by atoms with Crippen molar-refractivity contribution in [1.82, 2.24) is 0 Å². The predicted molar refractivity (Wildman–Crippen MR) is 152 cm³/mol. The lowest BCUT2D eigenvalue weighted by molar-refractivity contribution is -0.108. The SMILES string of the molecule is CCCCCC#CC/C=C/[C@@H](O[Si](C)(C)C(C)(C)C)[C@H](O[Si](C)(C)C(C)(C)C)[C@@H]1C[C@H]1CC=O. The average Bonchev–Trinajstić information content (AvgIpc) is 3.44. The lowest BCUT2D eigenvalue weighted by Crippen LogP contribution is -2.52. The van der Waals surface area contributed by atoms with Crippen LogP contribution in [-0.4, -0.2) is 35.1 Å². The van der Waals surface area contributed by atoms with E-state index in [0.717, 1.165) is 25.5 Å². The second-order valence-corrected chi connectivity index (χ2v) is 22.7. The quantitative estimate of drug-likeness (QED) is 0.0825. The van der Waals surface area contributed by atoms with Gasteiger partial charge in [0.25, 0.3) is 0 Å². The molecular formula is C29H54O3Si2. The van der Waals surface area contributed by atoms with E-state index in [4.69, 9.17) is 8.85 Å². The number of rotatable bonds is 13. The van der Waals surface area contributed by atoms with Gasteiger partial charge < -0.3 is 13.6 Å². The van der Waals surface area contributed by atoms with Crippen molar-refractivity contribution in [1.29, 1.82) is 0 Å². The van der Waals surface area contributed by atoms with E-state index in [9.17, 15) is 4.79 Å².